The van der Waals surface area contributed by atoms with E-state index >= 15 is 0 Å². The first kappa shape index (κ1) is 18.1. The number of anilines is 2. The molecule has 0 aliphatic heterocycles. The fraction of sp³-hybridized carbons (Fsp3) is 0.167. The summed E-state index contributed by atoms with van der Waals surface area (Å²) >= 11 is 0. The van der Waals surface area contributed by atoms with Crippen molar-refractivity contribution in [3.8, 4) is 5.75 Å². The largest absolute Gasteiger partial charge is 0.497 e. The van der Waals surface area contributed by atoms with Crippen LogP contribution in [0.5, 0.6) is 5.75 Å². The predicted octanol–water partition coefficient (Wildman–Crippen LogP) is 2.72. The van der Waals surface area contributed by atoms with Crippen molar-refractivity contribution in [3.05, 3.63) is 79.8 Å². The molecule has 2 aromatic carbocycles. The van der Waals surface area contributed by atoms with Crippen molar-refractivity contribution in [1.82, 2.24) is 15.2 Å². The molecule has 2 N–H and O–H groups in total. The van der Waals surface area contributed by atoms with Crippen LogP contribution in [0.4, 0.5) is 17.3 Å². The van der Waals surface area contributed by atoms with Gasteiger partial charge in [0.2, 0.25) is 5.95 Å². The minimum atomic E-state index is -0.466. The van der Waals surface area contributed by atoms with E-state index in [-0.39, 0.29) is 22.9 Å². The quantitative estimate of drug-likeness (QED) is 0.507. The Bertz CT molecular complexity index is 1030. The summed E-state index contributed by atoms with van der Waals surface area (Å²) in [5.41, 5.74) is 2.06. The van der Waals surface area contributed by atoms with Gasteiger partial charge in [-0.25, -0.2) is 0 Å². The fourth-order valence-electron chi connectivity index (χ4n) is 2.50. The van der Waals surface area contributed by atoms with E-state index in [1.807, 2.05) is 24.3 Å². The van der Waals surface area contributed by atoms with Crippen molar-refractivity contribution in [2.75, 3.05) is 12.4 Å². The average Bonchev–Trinajstić information content (AvgIpc) is 2.66. The number of aryl methyl sites for hydroxylation is 1. The van der Waals surface area contributed by atoms with E-state index < -0.39 is 4.92 Å². The summed E-state index contributed by atoms with van der Waals surface area (Å²) in [6, 6.07) is 11.7. The van der Waals surface area contributed by atoms with Gasteiger partial charge in [-0.2, -0.15) is 0 Å². The zero-order valence-electron chi connectivity index (χ0n) is 14.7. The molecule has 9 nitrogen and oxygen atoms in total. The van der Waals surface area contributed by atoms with Crippen LogP contribution < -0.4 is 15.6 Å². The fourth-order valence-corrected chi connectivity index (χ4v) is 2.50. The van der Waals surface area contributed by atoms with Crippen LogP contribution in [0.15, 0.2) is 47.3 Å². The number of hydrogen-bond acceptors (Lipinski definition) is 7. The van der Waals surface area contributed by atoms with Gasteiger partial charge in [-0.05, 0) is 36.2 Å². The van der Waals surface area contributed by atoms with E-state index in [1.165, 1.54) is 12.1 Å². The molecule has 0 saturated carbocycles. The molecule has 0 fully saturated rings. The average molecular weight is 367 g/mol. The molecular formula is C18H17N5O4. The van der Waals surface area contributed by atoms with Crippen molar-refractivity contribution < 1.29 is 9.66 Å². The van der Waals surface area contributed by atoms with Crippen molar-refractivity contribution >= 4 is 17.3 Å². The molecule has 0 atom stereocenters. The number of nitrogens with zero attached hydrogens (tertiary/aromatic N) is 3. The Labute approximate surface area is 154 Å². The highest BCUT2D eigenvalue weighted by atomic mass is 16.6. The standard InChI is InChI=1S/C18H17N5O4/c1-11-9-13(23(25)26)5-8-15(11)19-18-20-17(24)16(21-22-18)10-12-3-6-14(27-2)7-4-12/h3-9H,10H2,1-2H3,(H2,19,20,22,24). The zero-order chi connectivity index (χ0) is 19.4. The van der Waals surface area contributed by atoms with Gasteiger partial charge in [-0.3, -0.25) is 19.9 Å². The number of methoxy groups -OCH3 is 1. The lowest BCUT2D eigenvalue weighted by molar-refractivity contribution is -0.384. The minimum absolute atomic E-state index is 0.00697. The second-order valence-electron chi connectivity index (χ2n) is 5.86. The molecule has 0 aliphatic carbocycles. The molecule has 1 aromatic heterocycles. The first-order chi connectivity index (χ1) is 13.0. The third-order valence-corrected chi connectivity index (χ3v) is 3.97. The summed E-state index contributed by atoms with van der Waals surface area (Å²) in [5, 5.41) is 21.7. The third-order valence-electron chi connectivity index (χ3n) is 3.97. The van der Waals surface area contributed by atoms with E-state index in [2.05, 4.69) is 20.5 Å². The number of aromatic amines is 1. The van der Waals surface area contributed by atoms with Gasteiger partial charge in [-0.15, -0.1) is 10.2 Å². The van der Waals surface area contributed by atoms with Crippen molar-refractivity contribution in [2.24, 2.45) is 0 Å². The number of benzene rings is 2. The molecular weight excluding hydrogens is 350 g/mol. The van der Waals surface area contributed by atoms with Crippen LogP contribution in [-0.2, 0) is 6.42 Å². The van der Waals surface area contributed by atoms with Gasteiger partial charge in [0.15, 0.2) is 0 Å². The normalized spacial score (nSPS) is 10.4. The van der Waals surface area contributed by atoms with Crippen LogP contribution in [0.25, 0.3) is 0 Å². The number of hydrogen-bond donors (Lipinski definition) is 2. The van der Waals surface area contributed by atoms with Crippen LogP contribution in [0.1, 0.15) is 16.8 Å². The van der Waals surface area contributed by atoms with Crippen molar-refractivity contribution in [3.63, 3.8) is 0 Å². The molecule has 0 saturated heterocycles. The molecule has 0 unspecified atom stereocenters. The summed E-state index contributed by atoms with van der Waals surface area (Å²) < 4.78 is 5.10. The van der Waals surface area contributed by atoms with E-state index in [9.17, 15) is 14.9 Å². The predicted molar refractivity (Wildman–Crippen MR) is 99.6 cm³/mol. The summed E-state index contributed by atoms with van der Waals surface area (Å²) in [6.45, 7) is 1.72. The second kappa shape index (κ2) is 7.65. The van der Waals surface area contributed by atoms with Gasteiger partial charge in [0.1, 0.15) is 11.4 Å². The van der Waals surface area contributed by atoms with E-state index in [0.29, 0.717) is 17.7 Å². The van der Waals surface area contributed by atoms with Gasteiger partial charge in [0.05, 0.1) is 12.0 Å². The monoisotopic (exact) mass is 367 g/mol. The molecule has 3 aromatic rings. The van der Waals surface area contributed by atoms with E-state index in [0.717, 1.165) is 11.3 Å². The maximum absolute atomic E-state index is 12.3. The van der Waals surface area contributed by atoms with Crippen LogP contribution in [-0.4, -0.2) is 27.2 Å². The Hall–Kier alpha value is -3.75. The molecule has 27 heavy (non-hydrogen) atoms. The van der Waals surface area contributed by atoms with Crippen molar-refractivity contribution in [1.29, 1.82) is 0 Å². The third kappa shape index (κ3) is 4.27. The molecule has 0 aliphatic rings. The topological polar surface area (TPSA) is 123 Å². The summed E-state index contributed by atoms with van der Waals surface area (Å²) in [6.07, 6.45) is 0.336. The molecule has 9 heteroatoms. The number of ether oxygens (including phenoxy) is 1. The van der Waals surface area contributed by atoms with Gasteiger partial charge >= 0.3 is 0 Å². The molecule has 0 amide bonds. The number of H-pyrrole nitrogens is 1. The second-order valence-corrected chi connectivity index (χ2v) is 5.86. The van der Waals surface area contributed by atoms with Gasteiger partial charge in [0.25, 0.3) is 11.2 Å². The Balaban J connectivity index is 1.76. The van der Waals surface area contributed by atoms with Crippen LogP contribution in [0.3, 0.4) is 0 Å². The minimum Gasteiger partial charge on any atom is -0.497 e. The first-order valence-corrected chi connectivity index (χ1v) is 8.07. The zero-order valence-corrected chi connectivity index (χ0v) is 14.7. The Morgan fingerprint density at radius 2 is 1.93 bits per heavy atom. The summed E-state index contributed by atoms with van der Waals surface area (Å²) in [7, 11) is 1.59. The molecule has 1 heterocycles. The lowest BCUT2D eigenvalue weighted by Gasteiger charge is -2.08. The lowest BCUT2D eigenvalue weighted by atomic mass is 10.1. The highest BCUT2D eigenvalue weighted by Crippen LogP contribution is 2.22. The van der Waals surface area contributed by atoms with Crippen LogP contribution in [0.2, 0.25) is 0 Å². The van der Waals surface area contributed by atoms with Gasteiger partial charge in [0, 0.05) is 24.2 Å². The number of non-ortho nitro benzene ring substituents is 1. The highest BCUT2D eigenvalue weighted by Gasteiger charge is 2.10. The highest BCUT2D eigenvalue weighted by molar-refractivity contribution is 5.60. The number of rotatable bonds is 6. The number of aromatic nitrogens is 3. The van der Waals surface area contributed by atoms with E-state index in [1.54, 1.807) is 20.1 Å². The summed E-state index contributed by atoms with van der Waals surface area (Å²) in [5.74, 6) is 0.896. The molecule has 0 bridgehead atoms. The summed E-state index contributed by atoms with van der Waals surface area (Å²) in [4.78, 5) is 25.2. The van der Waals surface area contributed by atoms with Crippen LogP contribution >= 0.6 is 0 Å². The molecule has 0 radical (unpaired) electrons. The first-order valence-electron chi connectivity index (χ1n) is 8.07. The number of nitro benzene ring substituents is 1. The SMILES string of the molecule is COc1ccc(Cc2nnc(Nc3ccc([N+](=O)[O-])cc3C)[nH]c2=O)cc1. The molecule has 3 rings (SSSR count). The van der Waals surface area contributed by atoms with Gasteiger partial charge in [-0.1, -0.05) is 12.1 Å². The number of nitro groups is 1. The smallest absolute Gasteiger partial charge is 0.274 e. The lowest BCUT2D eigenvalue weighted by Crippen LogP contribution is -2.19. The number of nitrogens with one attached hydrogen (secondary N) is 2. The maximum atomic E-state index is 12.3. The van der Waals surface area contributed by atoms with Crippen LogP contribution in [0, 0.1) is 17.0 Å². The Morgan fingerprint density at radius 1 is 1.19 bits per heavy atom. The maximum Gasteiger partial charge on any atom is 0.274 e. The Morgan fingerprint density at radius 3 is 2.52 bits per heavy atom. The van der Waals surface area contributed by atoms with Crippen molar-refractivity contribution in [2.45, 2.75) is 13.3 Å². The molecule has 138 valence electrons. The Kier molecular flexibility index (Phi) is 5.11. The van der Waals surface area contributed by atoms with E-state index in [4.69, 9.17) is 4.74 Å². The van der Waals surface area contributed by atoms with Gasteiger partial charge < -0.3 is 10.1 Å². The molecule has 0 spiro atoms.